The van der Waals surface area contributed by atoms with E-state index < -0.39 is 0 Å². The molecule has 0 aromatic heterocycles. The summed E-state index contributed by atoms with van der Waals surface area (Å²) < 4.78 is 15.0. The van der Waals surface area contributed by atoms with Gasteiger partial charge in [-0.3, -0.25) is 4.79 Å². The third kappa shape index (κ3) is 6.22. The van der Waals surface area contributed by atoms with Crippen LogP contribution < -0.4 is 14.8 Å². The lowest BCUT2D eigenvalue weighted by Gasteiger charge is -2.11. The molecule has 2 rings (SSSR count). The van der Waals surface area contributed by atoms with Crippen LogP contribution in [0.5, 0.6) is 11.5 Å². The first kappa shape index (κ1) is 21.7. The highest BCUT2D eigenvalue weighted by Crippen LogP contribution is 2.28. The molecule has 0 unspecified atom stereocenters. The molecule has 0 spiro atoms. The van der Waals surface area contributed by atoms with Gasteiger partial charge in [0.15, 0.2) is 11.5 Å². The van der Waals surface area contributed by atoms with Crippen LogP contribution in [0.15, 0.2) is 46.9 Å². The summed E-state index contributed by atoms with van der Waals surface area (Å²) in [6, 6.07) is 12.6. The fraction of sp³-hybridized carbons (Fsp3) is 0.238. The van der Waals surface area contributed by atoms with Gasteiger partial charge in [0.1, 0.15) is 12.3 Å². The average molecular weight is 417 g/mol. The van der Waals surface area contributed by atoms with Crippen molar-refractivity contribution < 1.29 is 14.3 Å². The molecule has 0 aliphatic heterocycles. The first-order valence-corrected chi connectivity index (χ1v) is 10.0. The fourth-order valence-electron chi connectivity index (χ4n) is 2.43. The molecular weight excluding hydrogens is 396 g/mol. The zero-order valence-electron chi connectivity index (χ0n) is 15.7. The van der Waals surface area contributed by atoms with Gasteiger partial charge in [-0.05, 0) is 48.2 Å². The van der Waals surface area contributed by atoms with E-state index >= 15 is 0 Å². The van der Waals surface area contributed by atoms with E-state index in [-0.39, 0.29) is 12.5 Å². The highest BCUT2D eigenvalue weighted by Gasteiger charge is 2.14. The lowest BCUT2D eigenvalue weighted by molar-refractivity contribution is -0.114. The Bertz CT molecular complexity index is 876. The first-order valence-electron chi connectivity index (χ1n) is 8.47. The van der Waals surface area contributed by atoms with Crippen LogP contribution in [0.25, 0.3) is 0 Å². The Kier molecular flexibility index (Phi) is 8.73. The predicted octanol–water partition coefficient (Wildman–Crippen LogP) is 3.79. The second-order valence-corrected chi connectivity index (χ2v) is 6.60. The van der Waals surface area contributed by atoms with Crippen molar-refractivity contribution >= 4 is 35.2 Å². The van der Waals surface area contributed by atoms with Crippen LogP contribution in [-0.2, 0) is 11.2 Å². The Morgan fingerprint density at radius 3 is 2.64 bits per heavy atom. The largest absolute Gasteiger partial charge is 0.493 e. The van der Waals surface area contributed by atoms with Crippen LogP contribution in [0.4, 0.5) is 0 Å². The van der Waals surface area contributed by atoms with Gasteiger partial charge >= 0.3 is 0 Å². The van der Waals surface area contributed by atoms with Crippen LogP contribution in [0.1, 0.15) is 11.1 Å². The van der Waals surface area contributed by atoms with Gasteiger partial charge in [-0.2, -0.15) is 0 Å². The number of amides is 1. The molecule has 2 aromatic carbocycles. The fourth-order valence-corrected chi connectivity index (χ4v) is 2.93. The first-order chi connectivity index (χ1) is 13.6. The third-order valence-corrected chi connectivity index (χ3v) is 4.37. The molecule has 0 saturated heterocycles. The average Bonchev–Trinajstić information content (AvgIpc) is 2.71. The molecule has 0 bridgehead atoms. The van der Waals surface area contributed by atoms with Crippen molar-refractivity contribution in [3.05, 3.63) is 58.6 Å². The minimum atomic E-state index is -0.238. The number of halogens is 1. The van der Waals surface area contributed by atoms with Gasteiger partial charge < -0.3 is 14.8 Å². The van der Waals surface area contributed by atoms with Crippen molar-refractivity contribution in [3.63, 3.8) is 0 Å². The molecule has 0 fully saturated rings. The maximum atomic E-state index is 12.6. The number of ether oxygens (including phenoxy) is 2. The SMILES string of the molecule is C#CCOc1ccc(CCNC(=O)/C(=N\SC)c2ccc(Cl)cc2)cc1OC. The zero-order chi connectivity index (χ0) is 20.4. The molecule has 0 radical (unpaired) electrons. The lowest BCUT2D eigenvalue weighted by atomic mass is 10.1. The molecule has 0 atom stereocenters. The normalized spacial score (nSPS) is 10.9. The Morgan fingerprint density at radius 1 is 1.25 bits per heavy atom. The van der Waals surface area contributed by atoms with E-state index in [0.29, 0.717) is 40.8 Å². The van der Waals surface area contributed by atoms with Crippen molar-refractivity contribution in [3.8, 4) is 23.8 Å². The van der Waals surface area contributed by atoms with E-state index in [1.165, 1.54) is 11.9 Å². The smallest absolute Gasteiger partial charge is 0.271 e. The Labute approximate surface area is 174 Å². The number of nitrogens with one attached hydrogen (secondary N) is 1. The van der Waals surface area contributed by atoms with E-state index in [1.54, 1.807) is 37.6 Å². The molecule has 0 aliphatic rings. The third-order valence-electron chi connectivity index (χ3n) is 3.75. The van der Waals surface area contributed by atoms with Gasteiger partial charge in [0, 0.05) is 23.4 Å². The Hall–Kier alpha value is -2.62. The topological polar surface area (TPSA) is 59.9 Å². The van der Waals surface area contributed by atoms with Gasteiger partial charge in [0.2, 0.25) is 0 Å². The molecule has 1 amide bonds. The number of benzene rings is 2. The molecule has 146 valence electrons. The minimum Gasteiger partial charge on any atom is -0.493 e. The second-order valence-electron chi connectivity index (χ2n) is 5.61. The molecule has 28 heavy (non-hydrogen) atoms. The summed E-state index contributed by atoms with van der Waals surface area (Å²) >= 11 is 7.14. The van der Waals surface area contributed by atoms with E-state index in [0.717, 1.165) is 5.56 Å². The van der Waals surface area contributed by atoms with Gasteiger partial charge in [0.05, 0.1) is 7.11 Å². The molecule has 1 N–H and O–H groups in total. The van der Waals surface area contributed by atoms with Gasteiger partial charge in [0.25, 0.3) is 5.91 Å². The Balaban J connectivity index is 1.99. The van der Waals surface area contributed by atoms with Crippen molar-refractivity contribution in [2.45, 2.75) is 6.42 Å². The van der Waals surface area contributed by atoms with Gasteiger partial charge in [-0.15, -0.1) is 6.42 Å². The molecule has 2 aromatic rings. The van der Waals surface area contributed by atoms with Crippen LogP contribution in [0.2, 0.25) is 5.02 Å². The molecule has 0 heterocycles. The maximum Gasteiger partial charge on any atom is 0.271 e. The van der Waals surface area contributed by atoms with E-state index in [9.17, 15) is 4.79 Å². The maximum absolute atomic E-state index is 12.6. The number of rotatable bonds is 9. The lowest BCUT2D eigenvalue weighted by Crippen LogP contribution is -2.33. The molecule has 7 heteroatoms. The number of nitrogens with zero attached hydrogens (tertiary/aromatic N) is 1. The van der Waals surface area contributed by atoms with Crippen molar-refractivity contribution in [1.29, 1.82) is 0 Å². The number of carbonyl (C=O) groups is 1. The monoisotopic (exact) mass is 416 g/mol. The quantitative estimate of drug-likeness (QED) is 0.384. The summed E-state index contributed by atoms with van der Waals surface area (Å²) in [5.41, 5.74) is 2.08. The number of carbonyl (C=O) groups excluding carboxylic acids is 1. The second kappa shape index (κ2) is 11.3. The number of hydrogen-bond donors (Lipinski definition) is 1. The van der Waals surface area contributed by atoms with Crippen LogP contribution in [0.3, 0.4) is 0 Å². The summed E-state index contributed by atoms with van der Waals surface area (Å²) in [4.78, 5) is 12.6. The molecule has 0 aliphatic carbocycles. The van der Waals surface area contributed by atoms with Crippen LogP contribution in [0, 0.1) is 12.3 Å². The number of hydrogen-bond acceptors (Lipinski definition) is 5. The summed E-state index contributed by atoms with van der Waals surface area (Å²) in [5.74, 6) is 3.37. The summed E-state index contributed by atoms with van der Waals surface area (Å²) in [6.45, 7) is 0.627. The van der Waals surface area contributed by atoms with Crippen molar-refractivity contribution in [1.82, 2.24) is 5.32 Å². The zero-order valence-corrected chi connectivity index (χ0v) is 17.3. The van der Waals surface area contributed by atoms with Crippen LogP contribution in [-0.4, -0.2) is 38.1 Å². The summed E-state index contributed by atoms with van der Waals surface area (Å²) in [7, 11) is 1.57. The molecule has 5 nitrogen and oxygen atoms in total. The van der Waals surface area contributed by atoms with E-state index in [4.69, 9.17) is 27.5 Å². The molecule has 0 saturated carbocycles. The highest BCUT2D eigenvalue weighted by molar-refractivity contribution is 7.97. The summed E-state index contributed by atoms with van der Waals surface area (Å²) in [5, 5.41) is 3.51. The van der Waals surface area contributed by atoms with E-state index in [2.05, 4.69) is 15.6 Å². The van der Waals surface area contributed by atoms with Gasteiger partial charge in [-0.1, -0.05) is 35.7 Å². The Morgan fingerprint density at radius 2 is 2.00 bits per heavy atom. The van der Waals surface area contributed by atoms with Crippen LogP contribution >= 0.6 is 23.5 Å². The highest BCUT2D eigenvalue weighted by atomic mass is 35.5. The number of methoxy groups -OCH3 is 1. The summed E-state index contributed by atoms with van der Waals surface area (Å²) in [6.07, 6.45) is 7.65. The van der Waals surface area contributed by atoms with Crippen molar-refractivity contribution in [2.75, 3.05) is 26.5 Å². The minimum absolute atomic E-state index is 0.175. The van der Waals surface area contributed by atoms with Crippen molar-refractivity contribution in [2.24, 2.45) is 4.40 Å². The number of terminal acetylenes is 1. The predicted molar refractivity (Wildman–Crippen MR) is 116 cm³/mol. The van der Waals surface area contributed by atoms with Gasteiger partial charge in [-0.25, -0.2) is 4.40 Å². The molecular formula is C21H21ClN2O3S. The standard InChI is InChI=1S/C21H21ClN2O3S/c1-4-13-27-18-10-5-15(14-19(18)26-2)11-12-23-21(25)20(24-28-3)16-6-8-17(22)9-7-16/h1,5-10,14H,11-13H2,2-3H3,(H,23,25)/b24-20-. The van der Waals surface area contributed by atoms with E-state index in [1.807, 2.05) is 18.2 Å².